The van der Waals surface area contributed by atoms with E-state index in [4.69, 9.17) is 14.5 Å². The van der Waals surface area contributed by atoms with Crippen LogP contribution in [0.1, 0.15) is 65.5 Å². The summed E-state index contributed by atoms with van der Waals surface area (Å²) in [5, 5.41) is 6.75. The second kappa shape index (κ2) is 14.4. The van der Waals surface area contributed by atoms with Crippen LogP contribution in [0.15, 0.2) is 91.0 Å². The number of carbonyl (C=O) groups is 2. The van der Waals surface area contributed by atoms with Gasteiger partial charge in [-0.2, -0.15) is 0 Å². The zero-order chi connectivity index (χ0) is 33.6. The van der Waals surface area contributed by atoms with Crippen molar-refractivity contribution in [3.05, 3.63) is 102 Å². The van der Waals surface area contributed by atoms with E-state index in [0.29, 0.717) is 11.4 Å². The lowest BCUT2D eigenvalue weighted by Gasteiger charge is -2.19. The number of benzene rings is 4. The van der Waals surface area contributed by atoms with Gasteiger partial charge in [-0.25, -0.2) is 4.98 Å². The average Bonchev–Trinajstić information content (AvgIpc) is 3.45. The van der Waals surface area contributed by atoms with Gasteiger partial charge in [0.2, 0.25) is 11.8 Å². The Morgan fingerprint density at radius 2 is 1.13 bits per heavy atom. The second-order valence-corrected chi connectivity index (χ2v) is 14.7. The van der Waals surface area contributed by atoms with Crippen LogP contribution in [-0.4, -0.2) is 30.0 Å². The third kappa shape index (κ3) is 9.42. The maximum atomic E-state index is 13.0. The van der Waals surface area contributed by atoms with E-state index in [1.54, 1.807) is 17.4 Å². The van der Waals surface area contributed by atoms with Gasteiger partial charge in [-0.1, -0.05) is 77.9 Å². The molecule has 0 aliphatic carbocycles. The highest BCUT2D eigenvalue weighted by molar-refractivity contribution is 7.21. The van der Waals surface area contributed by atoms with E-state index in [1.165, 1.54) is 11.1 Å². The fourth-order valence-electron chi connectivity index (χ4n) is 4.96. The van der Waals surface area contributed by atoms with Crippen LogP contribution in [0.25, 0.3) is 20.8 Å². The summed E-state index contributed by atoms with van der Waals surface area (Å²) in [6.07, 6.45) is 0.338. The van der Waals surface area contributed by atoms with Crippen molar-refractivity contribution >= 4 is 44.7 Å². The van der Waals surface area contributed by atoms with Gasteiger partial charge in [0.15, 0.2) is 0 Å². The molecule has 0 spiro atoms. The Hall–Kier alpha value is -4.69. The molecule has 7 nitrogen and oxygen atoms in total. The highest BCUT2D eigenvalue weighted by Crippen LogP contribution is 2.34. The quantitative estimate of drug-likeness (QED) is 0.149. The summed E-state index contributed by atoms with van der Waals surface area (Å²) in [5.74, 6) is 1.06. The first kappa shape index (κ1) is 33.7. The first-order valence-corrected chi connectivity index (χ1v) is 16.7. The lowest BCUT2D eigenvalue weighted by Crippen LogP contribution is -2.17. The predicted molar refractivity (Wildman–Crippen MR) is 193 cm³/mol. The molecule has 2 N–H and O–H groups in total. The fourth-order valence-corrected chi connectivity index (χ4v) is 5.92. The van der Waals surface area contributed by atoms with Crippen LogP contribution in [0, 0.1) is 0 Å². The lowest BCUT2D eigenvalue weighted by molar-refractivity contribution is -0.117. The van der Waals surface area contributed by atoms with Crippen molar-refractivity contribution in [1.82, 2.24) is 4.98 Å². The molecule has 244 valence electrons. The number of amides is 2. The standard InChI is InChI=1S/C39H43N3O4S/c1-38(2,3)27-11-15-31(16-12-27)45-21-19-35(43)40-29-23-26(37-42-33-9-7-8-10-34(33)47-37)24-30(25-29)41-36(44)20-22-46-32-17-13-28(14-18-32)39(4,5)6/h7-18,23-25H,19-22H2,1-6H3,(H,40,43)(H,41,44). The van der Waals surface area contributed by atoms with E-state index in [-0.39, 0.29) is 48.7 Å². The zero-order valence-corrected chi connectivity index (χ0v) is 28.8. The van der Waals surface area contributed by atoms with E-state index in [0.717, 1.165) is 32.3 Å². The smallest absolute Gasteiger partial charge is 0.227 e. The SMILES string of the molecule is CC(C)(C)c1ccc(OCCC(=O)Nc2cc(NC(=O)CCOc3ccc(C(C)(C)C)cc3)cc(-c3nc4ccccc4s3)c2)cc1. The number of thiazole rings is 1. The van der Waals surface area contributed by atoms with Crippen LogP contribution >= 0.6 is 11.3 Å². The number of rotatable bonds is 11. The largest absolute Gasteiger partial charge is 0.493 e. The molecule has 5 rings (SSSR count). The minimum atomic E-state index is -0.194. The Balaban J connectivity index is 1.23. The van der Waals surface area contributed by atoms with Crippen LogP contribution in [0.3, 0.4) is 0 Å². The molecule has 0 saturated carbocycles. The van der Waals surface area contributed by atoms with E-state index >= 15 is 0 Å². The summed E-state index contributed by atoms with van der Waals surface area (Å²) in [6.45, 7) is 13.5. The van der Waals surface area contributed by atoms with Gasteiger partial charge in [-0.15, -0.1) is 11.3 Å². The summed E-state index contributed by atoms with van der Waals surface area (Å²) in [6, 6.07) is 29.4. The molecule has 47 heavy (non-hydrogen) atoms. The topological polar surface area (TPSA) is 89.6 Å². The molecule has 0 unspecified atom stereocenters. The Labute approximate surface area is 281 Å². The van der Waals surface area contributed by atoms with Crippen LogP contribution in [0.4, 0.5) is 11.4 Å². The van der Waals surface area contributed by atoms with Crippen LogP contribution in [-0.2, 0) is 20.4 Å². The summed E-state index contributed by atoms with van der Waals surface area (Å²) < 4.78 is 12.7. The van der Waals surface area contributed by atoms with Gasteiger partial charge in [-0.05, 0) is 76.6 Å². The molecule has 0 bridgehead atoms. The van der Waals surface area contributed by atoms with E-state index in [2.05, 4.69) is 76.4 Å². The number of ether oxygens (including phenoxy) is 2. The van der Waals surface area contributed by atoms with Gasteiger partial charge in [-0.3, -0.25) is 9.59 Å². The molecule has 0 atom stereocenters. The minimum Gasteiger partial charge on any atom is -0.493 e. The van der Waals surface area contributed by atoms with Gasteiger partial charge in [0.25, 0.3) is 0 Å². The maximum absolute atomic E-state index is 13.0. The van der Waals surface area contributed by atoms with Crippen LogP contribution < -0.4 is 20.1 Å². The van der Waals surface area contributed by atoms with Crippen LogP contribution in [0.5, 0.6) is 11.5 Å². The first-order valence-electron chi connectivity index (χ1n) is 15.9. The Morgan fingerprint density at radius 1 is 0.660 bits per heavy atom. The normalized spacial score (nSPS) is 11.7. The molecule has 4 aromatic carbocycles. The molecule has 0 fully saturated rings. The van der Waals surface area contributed by atoms with E-state index in [9.17, 15) is 9.59 Å². The number of hydrogen-bond acceptors (Lipinski definition) is 6. The van der Waals surface area contributed by atoms with E-state index in [1.807, 2.05) is 60.7 Å². The van der Waals surface area contributed by atoms with Crippen molar-refractivity contribution in [2.45, 2.75) is 65.2 Å². The number of para-hydroxylation sites is 1. The van der Waals surface area contributed by atoms with E-state index < -0.39 is 0 Å². The Bertz CT molecular complexity index is 1700. The number of hydrogen-bond donors (Lipinski definition) is 2. The summed E-state index contributed by atoms with van der Waals surface area (Å²) in [7, 11) is 0. The second-order valence-electron chi connectivity index (χ2n) is 13.6. The molecule has 0 saturated heterocycles. The van der Waals surface area contributed by atoms with Gasteiger partial charge in [0, 0.05) is 16.9 Å². The Morgan fingerprint density at radius 3 is 1.57 bits per heavy atom. The molecular formula is C39H43N3O4S. The number of carbonyl (C=O) groups excluding carboxylic acids is 2. The number of nitrogens with one attached hydrogen (secondary N) is 2. The van der Waals surface area contributed by atoms with Gasteiger partial charge >= 0.3 is 0 Å². The van der Waals surface area contributed by atoms with Crippen molar-refractivity contribution < 1.29 is 19.1 Å². The molecule has 1 heterocycles. The number of aromatic nitrogens is 1. The average molecular weight is 650 g/mol. The number of anilines is 2. The van der Waals surface area contributed by atoms with Crippen molar-refractivity contribution in [1.29, 1.82) is 0 Å². The molecular weight excluding hydrogens is 607 g/mol. The number of fused-ring (bicyclic) bond motifs is 1. The molecule has 8 heteroatoms. The van der Waals surface area contributed by atoms with Gasteiger partial charge < -0.3 is 20.1 Å². The third-order valence-corrected chi connectivity index (χ3v) is 8.76. The van der Waals surface area contributed by atoms with Crippen molar-refractivity contribution in [2.24, 2.45) is 0 Å². The molecule has 1 aromatic heterocycles. The predicted octanol–water partition coefficient (Wildman–Crippen LogP) is 9.37. The molecule has 0 aliphatic heterocycles. The Kier molecular flexibility index (Phi) is 10.3. The first-order chi connectivity index (χ1) is 22.3. The molecule has 5 aromatic rings. The maximum Gasteiger partial charge on any atom is 0.227 e. The monoisotopic (exact) mass is 649 g/mol. The highest BCUT2D eigenvalue weighted by Gasteiger charge is 2.15. The third-order valence-electron chi connectivity index (χ3n) is 7.68. The number of nitrogens with zero attached hydrogens (tertiary/aromatic N) is 1. The summed E-state index contributed by atoms with van der Waals surface area (Å²) in [4.78, 5) is 30.7. The molecule has 0 aliphatic rings. The molecule has 2 amide bonds. The van der Waals surface area contributed by atoms with Crippen molar-refractivity contribution in [3.8, 4) is 22.1 Å². The van der Waals surface area contributed by atoms with Crippen molar-refractivity contribution in [2.75, 3.05) is 23.8 Å². The van der Waals surface area contributed by atoms with Crippen LogP contribution in [0.2, 0.25) is 0 Å². The minimum absolute atomic E-state index is 0.0589. The van der Waals surface area contributed by atoms with Gasteiger partial charge in [0.05, 0.1) is 36.3 Å². The van der Waals surface area contributed by atoms with Crippen molar-refractivity contribution in [3.63, 3.8) is 0 Å². The summed E-state index contributed by atoms with van der Waals surface area (Å²) in [5.41, 5.74) is 5.37. The fraction of sp³-hybridized carbons (Fsp3) is 0.308. The highest BCUT2D eigenvalue weighted by atomic mass is 32.1. The van der Waals surface area contributed by atoms with Gasteiger partial charge in [0.1, 0.15) is 16.5 Å². The lowest BCUT2D eigenvalue weighted by atomic mass is 9.87. The zero-order valence-electron chi connectivity index (χ0n) is 28.0. The molecule has 0 radical (unpaired) electrons. The summed E-state index contributed by atoms with van der Waals surface area (Å²) >= 11 is 1.56.